The number of pyridine rings is 1. The molecule has 3 rings (SSSR count). The number of anilines is 1. The van der Waals surface area contributed by atoms with E-state index >= 15 is 0 Å². The first-order chi connectivity index (χ1) is 10.6. The van der Waals surface area contributed by atoms with Gasteiger partial charge in [0.1, 0.15) is 5.82 Å². The number of carbonyl (C=O) groups is 2. The smallest absolute Gasteiger partial charge is 0.228 e. The molecule has 1 aromatic heterocycles. The molecule has 2 N–H and O–H groups in total. The van der Waals surface area contributed by atoms with E-state index < -0.39 is 11.7 Å². The zero-order chi connectivity index (χ0) is 15.5. The fourth-order valence-electron chi connectivity index (χ4n) is 2.47. The molecular formula is C16H14FN3O2. The van der Waals surface area contributed by atoms with Crippen LogP contribution >= 0.6 is 0 Å². The van der Waals surface area contributed by atoms with Crippen LogP contribution in [0.4, 0.5) is 10.1 Å². The molecule has 0 spiro atoms. The molecule has 22 heavy (non-hydrogen) atoms. The third-order valence-corrected chi connectivity index (χ3v) is 3.54. The molecule has 2 aromatic rings. The Kier molecular flexibility index (Phi) is 3.82. The van der Waals surface area contributed by atoms with E-state index in [9.17, 15) is 14.0 Å². The number of hydrogen-bond acceptors (Lipinski definition) is 3. The Morgan fingerprint density at radius 3 is 3.00 bits per heavy atom. The Labute approximate surface area is 126 Å². The molecular weight excluding hydrogens is 285 g/mol. The van der Waals surface area contributed by atoms with Gasteiger partial charge >= 0.3 is 0 Å². The average molecular weight is 299 g/mol. The van der Waals surface area contributed by atoms with Crippen molar-refractivity contribution >= 4 is 17.5 Å². The standard InChI is InChI=1S/C16H14FN3O2/c17-10-4-5-12-13(8-15(21)20-14(12)7-10)16(22)19-9-11-3-1-2-6-18-11/h1-7,13H,8-9H2,(H,19,22)(H,20,21). The van der Waals surface area contributed by atoms with Crippen molar-refractivity contribution in [1.29, 1.82) is 0 Å². The third-order valence-electron chi connectivity index (χ3n) is 3.54. The minimum atomic E-state index is -0.618. The van der Waals surface area contributed by atoms with Crippen LogP contribution in [0.1, 0.15) is 23.6 Å². The molecule has 0 bridgehead atoms. The molecule has 6 heteroatoms. The van der Waals surface area contributed by atoms with Crippen molar-refractivity contribution in [3.8, 4) is 0 Å². The van der Waals surface area contributed by atoms with E-state index in [-0.39, 0.29) is 24.8 Å². The second-order valence-electron chi connectivity index (χ2n) is 5.08. The van der Waals surface area contributed by atoms with Crippen LogP contribution < -0.4 is 10.6 Å². The highest BCUT2D eigenvalue weighted by Gasteiger charge is 2.30. The van der Waals surface area contributed by atoms with Crippen molar-refractivity contribution in [1.82, 2.24) is 10.3 Å². The maximum Gasteiger partial charge on any atom is 0.228 e. The summed E-state index contributed by atoms with van der Waals surface area (Å²) in [6, 6.07) is 9.48. The van der Waals surface area contributed by atoms with Gasteiger partial charge in [-0.2, -0.15) is 0 Å². The zero-order valence-corrected chi connectivity index (χ0v) is 11.7. The average Bonchev–Trinajstić information content (AvgIpc) is 2.52. The van der Waals surface area contributed by atoms with Gasteiger partial charge in [0.25, 0.3) is 0 Å². The number of rotatable bonds is 3. The maximum atomic E-state index is 13.3. The van der Waals surface area contributed by atoms with Crippen LogP contribution in [0, 0.1) is 5.82 Å². The van der Waals surface area contributed by atoms with Gasteiger partial charge in [-0.1, -0.05) is 12.1 Å². The summed E-state index contributed by atoms with van der Waals surface area (Å²) in [6.45, 7) is 0.286. The molecule has 1 aliphatic rings. The highest BCUT2D eigenvalue weighted by atomic mass is 19.1. The van der Waals surface area contributed by atoms with Crippen LogP contribution in [0.5, 0.6) is 0 Å². The molecule has 0 radical (unpaired) electrons. The molecule has 1 aliphatic heterocycles. The fourth-order valence-corrected chi connectivity index (χ4v) is 2.47. The number of benzene rings is 1. The first-order valence-electron chi connectivity index (χ1n) is 6.90. The van der Waals surface area contributed by atoms with Crippen LogP contribution in [0.15, 0.2) is 42.6 Å². The quantitative estimate of drug-likeness (QED) is 0.910. The van der Waals surface area contributed by atoms with E-state index in [1.165, 1.54) is 18.2 Å². The molecule has 0 aliphatic carbocycles. The summed E-state index contributed by atoms with van der Waals surface area (Å²) in [7, 11) is 0. The monoisotopic (exact) mass is 299 g/mol. The lowest BCUT2D eigenvalue weighted by molar-refractivity contribution is -0.126. The van der Waals surface area contributed by atoms with Gasteiger partial charge in [-0.15, -0.1) is 0 Å². The third kappa shape index (κ3) is 2.95. The summed E-state index contributed by atoms with van der Waals surface area (Å²) < 4.78 is 13.3. The lowest BCUT2D eigenvalue weighted by Crippen LogP contribution is -2.34. The molecule has 5 nitrogen and oxygen atoms in total. The van der Waals surface area contributed by atoms with Crippen molar-refractivity contribution in [2.45, 2.75) is 18.9 Å². The van der Waals surface area contributed by atoms with E-state index in [1.54, 1.807) is 18.3 Å². The number of amides is 2. The molecule has 2 amide bonds. The van der Waals surface area contributed by atoms with Crippen LogP contribution in [0.2, 0.25) is 0 Å². The van der Waals surface area contributed by atoms with Gasteiger partial charge in [-0.3, -0.25) is 14.6 Å². The highest BCUT2D eigenvalue weighted by Crippen LogP contribution is 2.32. The van der Waals surface area contributed by atoms with Gasteiger partial charge in [-0.25, -0.2) is 4.39 Å². The Morgan fingerprint density at radius 2 is 2.23 bits per heavy atom. The molecule has 0 saturated carbocycles. The molecule has 1 atom stereocenters. The Hall–Kier alpha value is -2.76. The van der Waals surface area contributed by atoms with Crippen molar-refractivity contribution < 1.29 is 14.0 Å². The number of nitrogens with one attached hydrogen (secondary N) is 2. The first kappa shape index (κ1) is 14.2. The van der Waals surface area contributed by atoms with Gasteiger partial charge in [0.15, 0.2) is 0 Å². The number of carbonyl (C=O) groups excluding carboxylic acids is 2. The van der Waals surface area contributed by atoms with Crippen LogP contribution in [-0.2, 0) is 16.1 Å². The summed E-state index contributed by atoms with van der Waals surface area (Å²) in [4.78, 5) is 28.2. The normalized spacial score (nSPS) is 16.6. The van der Waals surface area contributed by atoms with E-state index in [4.69, 9.17) is 0 Å². The minimum absolute atomic E-state index is 0.0483. The molecule has 112 valence electrons. The SMILES string of the molecule is O=C1CC(C(=O)NCc2ccccn2)c2ccc(F)cc2N1. The predicted molar refractivity (Wildman–Crippen MR) is 78.5 cm³/mol. The highest BCUT2D eigenvalue weighted by molar-refractivity contribution is 6.01. The van der Waals surface area contributed by atoms with Gasteiger partial charge < -0.3 is 10.6 Å². The number of fused-ring (bicyclic) bond motifs is 1. The molecule has 1 unspecified atom stereocenters. The molecule has 0 saturated heterocycles. The molecule has 0 fully saturated rings. The zero-order valence-electron chi connectivity index (χ0n) is 11.7. The maximum absolute atomic E-state index is 13.3. The van der Waals surface area contributed by atoms with Crippen molar-refractivity contribution in [2.24, 2.45) is 0 Å². The summed E-state index contributed by atoms with van der Waals surface area (Å²) in [5.41, 5.74) is 1.71. The minimum Gasteiger partial charge on any atom is -0.350 e. The summed E-state index contributed by atoms with van der Waals surface area (Å²) in [5, 5.41) is 5.36. The number of halogens is 1. The van der Waals surface area contributed by atoms with Gasteiger partial charge in [-0.05, 0) is 29.8 Å². The van der Waals surface area contributed by atoms with Gasteiger partial charge in [0, 0.05) is 18.3 Å². The largest absolute Gasteiger partial charge is 0.350 e. The summed E-state index contributed by atoms with van der Waals surface area (Å²) >= 11 is 0. The Morgan fingerprint density at radius 1 is 1.36 bits per heavy atom. The van der Waals surface area contributed by atoms with Crippen LogP contribution in [0.3, 0.4) is 0 Å². The van der Waals surface area contributed by atoms with Crippen molar-refractivity contribution in [3.05, 3.63) is 59.7 Å². The lowest BCUT2D eigenvalue weighted by Gasteiger charge is -2.24. The van der Waals surface area contributed by atoms with Crippen molar-refractivity contribution in [2.75, 3.05) is 5.32 Å². The number of nitrogens with zero attached hydrogens (tertiary/aromatic N) is 1. The van der Waals surface area contributed by atoms with E-state index in [0.29, 0.717) is 11.3 Å². The predicted octanol–water partition coefficient (Wildman–Crippen LogP) is 1.96. The summed E-state index contributed by atoms with van der Waals surface area (Å²) in [5.74, 6) is -1.63. The van der Waals surface area contributed by atoms with E-state index in [1.807, 2.05) is 6.07 Å². The lowest BCUT2D eigenvalue weighted by atomic mass is 9.89. The second kappa shape index (κ2) is 5.93. The second-order valence-corrected chi connectivity index (χ2v) is 5.08. The Balaban J connectivity index is 1.77. The number of aromatic nitrogens is 1. The topological polar surface area (TPSA) is 71.1 Å². The van der Waals surface area contributed by atoms with E-state index in [0.717, 1.165) is 5.69 Å². The fraction of sp³-hybridized carbons (Fsp3) is 0.188. The summed E-state index contributed by atoms with van der Waals surface area (Å²) in [6.07, 6.45) is 1.69. The molecule has 1 aromatic carbocycles. The number of hydrogen-bond donors (Lipinski definition) is 2. The first-order valence-corrected chi connectivity index (χ1v) is 6.90. The molecule has 2 heterocycles. The van der Waals surface area contributed by atoms with Gasteiger partial charge in [0.2, 0.25) is 11.8 Å². The van der Waals surface area contributed by atoms with E-state index in [2.05, 4.69) is 15.6 Å². The van der Waals surface area contributed by atoms with Gasteiger partial charge in [0.05, 0.1) is 18.2 Å². The van der Waals surface area contributed by atoms with Crippen molar-refractivity contribution in [3.63, 3.8) is 0 Å². The van der Waals surface area contributed by atoms with Crippen LogP contribution in [0.25, 0.3) is 0 Å². The Bertz CT molecular complexity index is 719. The van der Waals surface area contributed by atoms with Crippen LogP contribution in [-0.4, -0.2) is 16.8 Å².